The zero-order chi connectivity index (χ0) is 17.1. The second-order valence-corrected chi connectivity index (χ2v) is 8.39. The third kappa shape index (κ3) is 4.23. The van der Waals surface area contributed by atoms with Crippen LogP contribution in [0.25, 0.3) is 0 Å². The molecule has 0 atom stereocenters. The Hall–Kier alpha value is -1.41. The monoisotopic (exact) mass is 364 g/mol. The van der Waals surface area contributed by atoms with Crippen LogP contribution in [0.3, 0.4) is 0 Å². The maximum Gasteiger partial charge on any atom is 0.321 e. The molecule has 0 radical (unpaired) electrons. The van der Waals surface area contributed by atoms with Gasteiger partial charge in [-0.25, -0.2) is 4.79 Å². The molecule has 3 heterocycles. The van der Waals surface area contributed by atoms with E-state index in [1.54, 1.807) is 0 Å². The number of anilines is 2. The third-order valence-corrected chi connectivity index (χ3v) is 6.62. The molecule has 1 saturated carbocycles. The minimum absolute atomic E-state index is 0.151. The highest BCUT2D eigenvalue weighted by Gasteiger charge is 2.27. The van der Waals surface area contributed by atoms with Crippen molar-refractivity contribution in [3.8, 4) is 0 Å². The van der Waals surface area contributed by atoms with Gasteiger partial charge in [-0.15, -0.1) is 10.2 Å². The first-order valence-corrected chi connectivity index (χ1v) is 10.5. The molecule has 0 bridgehead atoms. The Morgan fingerprint density at radius 1 is 0.960 bits per heavy atom. The molecule has 1 aliphatic carbocycles. The zero-order valence-corrected chi connectivity index (χ0v) is 15.6. The van der Waals surface area contributed by atoms with E-state index < -0.39 is 0 Å². The minimum Gasteiger partial charge on any atom is -0.346 e. The molecular formula is C17H28N6OS. The summed E-state index contributed by atoms with van der Waals surface area (Å²) in [5.41, 5.74) is 0. The Labute approximate surface area is 153 Å². The van der Waals surface area contributed by atoms with Crippen LogP contribution in [-0.4, -0.2) is 59.4 Å². The van der Waals surface area contributed by atoms with Crippen molar-refractivity contribution in [2.75, 3.05) is 36.4 Å². The fraction of sp³-hybridized carbons (Fsp3) is 0.824. The largest absolute Gasteiger partial charge is 0.346 e. The third-order valence-electron chi connectivity index (χ3n) is 5.72. The Morgan fingerprint density at radius 2 is 1.68 bits per heavy atom. The molecule has 25 heavy (non-hydrogen) atoms. The zero-order valence-electron chi connectivity index (χ0n) is 14.7. The number of carbonyl (C=O) groups is 1. The second kappa shape index (κ2) is 7.86. The molecule has 8 heteroatoms. The van der Waals surface area contributed by atoms with E-state index in [0.717, 1.165) is 37.1 Å². The number of likely N-dealkylation sites (tertiary alicyclic amines) is 1. The summed E-state index contributed by atoms with van der Waals surface area (Å²) in [7, 11) is 0. The number of nitrogens with one attached hydrogen (secondary N) is 2. The van der Waals surface area contributed by atoms with Crippen molar-refractivity contribution in [3.05, 3.63) is 0 Å². The van der Waals surface area contributed by atoms with E-state index in [1.165, 1.54) is 63.0 Å². The molecule has 7 nitrogen and oxygen atoms in total. The minimum atomic E-state index is -0.151. The molecule has 3 aliphatic rings. The maximum absolute atomic E-state index is 12.0. The van der Waals surface area contributed by atoms with Crippen molar-refractivity contribution in [3.63, 3.8) is 0 Å². The van der Waals surface area contributed by atoms with Crippen molar-refractivity contribution in [1.82, 2.24) is 20.4 Å². The summed E-state index contributed by atoms with van der Waals surface area (Å²) in [5.74, 6) is 0. The summed E-state index contributed by atoms with van der Waals surface area (Å²) in [6, 6.07) is 0.904. The van der Waals surface area contributed by atoms with E-state index in [4.69, 9.17) is 0 Å². The molecule has 0 spiro atoms. The van der Waals surface area contributed by atoms with Gasteiger partial charge in [0.1, 0.15) is 0 Å². The number of rotatable bonds is 4. The first-order valence-electron chi connectivity index (χ1n) is 9.68. The van der Waals surface area contributed by atoms with Crippen LogP contribution in [0.5, 0.6) is 0 Å². The summed E-state index contributed by atoms with van der Waals surface area (Å²) in [6.07, 6.45) is 9.70. The standard InChI is InChI=1S/C17H28N6OS/c24-15(18-13-5-1-2-6-13)19-16-20-21-17(25-16)23-11-7-14(8-12-23)22-9-3-4-10-22/h13-14H,1-12H2,(H2,18,19,20,24). The number of urea groups is 1. The van der Waals surface area contributed by atoms with Crippen LogP contribution in [-0.2, 0) is 0 Å². The molecule has 1 aromatic rings. The second-order valence-electron chi connectivity index (χ2n) is 7.43. The fourth-order valence-corrected chi connectivity index (χ4v) is 5.10. The van der Waals surface area contributed by atoms with Gasteiger partial charge in [0.15, 0.2) is 0 Å². The van der Waals surface area contributed by atoms with Crippen LogP contribution < -0.4 is 15.5 Å². The summed E-state index contributed by atoms with van der Waals surface area (Å²) in [6.45, 7) is 4.61. The van der Waals surface area contributed by atoms with Crippen LogP contribution in [0.15, 0.2) is 0 Å². The van der Waals surface area contributed by atoms with Crippen molar-refractivity contribution in [2.24, 2.45) is 0 Å². The molecule has 1 aromatic heterocycles. The number of amides is 2. The lowest BCUT2D eigenvalue weighted by Crippen LogP contribution is -2.43. The fourth-order valence-electron chi connectivity index (χ4n) is 4.31. The molecule has 2 N–H and O–H groups in total. The van der Waals surface area contributed by atoms with Crippen LogP contribution >= 0.6 is 11.3 Å². The van der Waals surface area contributed by atoms with Crippen molar-refractivity contribution in [1.29, 1.82) is 0 Å². The Kier molecular flexibility index (Phi) is 5.36. The van der Waals surface area contributed by atoms with Gasteiger partial charge in [0.2, 0.25) is 10.3 Å². The van der Waals surface area contributed by atoms with E-state index >= 15 is 0 Å². The highest BCUT2D eigenvalue weighted by Crippen LogP contribution is 2.29. The predicted octanol–water partition coefficient (Wildman–Crippen LogP) is 2.67. The van der Waals surface area contributed by atoms with Gasteiger partial charge in [-0.1, -0.05) is 24.2 Å². The van der Waals surface area contributed by atoms with Gasteiger partial charge >= 0.3 is 6.03 Å². The maximum atomic E-state index is 12.0. The number of piperidine rings is 1. The van der Waals surface area contributed by atoms with Crippen LogP contribution in [0, 0.1) is 0 Å². The number of aromatic nitrogens is 2. The van der Waals surface area contributed by atoms with Gasteiger partial charge in [-0.2, -0.15) is 0 Å². The van der Waals surface area contributed by atoms with Crippen LogP contribution in [0.2, 0.25) is 0 Å². The average molecular weight is 365 g/mol. The van der Waals surface area contributed by atoms with Crippen LogP contribution in [0.4, 0.5) is 15.1 Å². The summed E-state index contributed by atoms with van der Waals surface area (Å²) >= 11 is 1.48. The van der Waals surface area contributed by atoms with Gasteiger partial charge in [0.05, 0.1) is 0 Å². The highest BCUT2D eigenvalue weighted by atomic mass is 32.1. The first-order chi connectivity index (χ1) is 12.3. The van der Waals surface area contributed by atoms with Crippen LogP contribution in [0.1, 0.15) is 51.4 Å². The lowest BCUT2D eigenvalue weighted by Gasteiger charge is -2.36. The molecule has 2 aliphatic heterocycles. The van der Waals surface area contributed by atoms with E-state index in [1.807, 2.05) is 0 Å². The van der Waals surface area contributed by atoms with Crippen molar-refractivity contribution in [2.45, 2.75) is 63.5 Å². The number of carbonyl (C=O) groups excluding carboxylic acids is 1. The van der Waals surface area contributed by atoms with Gasteiger partial charge in [0.25, 0.3) is 0 Å². The first kappa shape index (κ1) is 17.0. The summed E-state index contributed by atoms with van der Waals surface area (Å²) in [4.78, 5) is 17.0. The molecule has 138 valence electrons. The van der Waals surface area contributed by atoms with Gasteiger partial charge in [0, 0.05) is 25.2 Å². The lowest BCUT2D eigenvalue weighted by atomic mass is 10.0. The Balaban J connectivity index is 1.25. The van der Waals surface area contributed by atoms with E-state index in [-0.39, 0.29) is 6.03 Å². The number of hydrogen-bond donors (Lipinski definition) is 2. The topological polar surface area (TPSA) is 73.4 Å². The van der Waals surface area contributed by atoms with Gasteiger partial charge in [-0.05, 0) is 51.6 Å². The lowest BCUT2D eigenvalue weighted by molar-refractivity contribution is 0.208. The molecule has 2 saturated heterocycles. The molecule has 2 amide bonds. The summed E-state index contributed by atoms with van der Waals surface area (Å²) in [5, 5.41) is 15.8. The number of nitrogens with zero attached hydrogens (tertiary/aromatic N) is 4. The highest BCUT2D eigenvalue weighted by molar-refractivity contribution is 7.19. The van der Waals surface area contributed by atoms with E-state index in [2.05, 4.69) is 30.6 Å². The molecule has 0 unspecified atom stereocenters. The Bertz CT molecular complexity index is 573. The molecular weight excluding hydrogens is 336 g/mol. The normalized spacial score (nSPS) is 23.3. The number of hydrogen-bond acceptors (Lipinski definition) is 6. The summed E-state index contributed by atoms with van der Waals surface area (Å²) < 4.78 is 0. The molecule has 0 aromatic carbocycles. The Morgan fingerprint density at radius 3 is 2.40 bits per heavy atom. The smallest absolute Gasteiger partial charge is 0.321 e. The molecule has 3 fully saturated rings. The average Bonchev–Trinajstić information content (AvgIpc) is 3.38. The quantitative estimate of drug-likeness (QED) is 0.859. The predicted molar refractivity (Wildman–Crippen MR) is 100 cm³/mol. The van der Waals surface area contributed by atoms with E-state index in [9.17, 15) is 4.79 Å². The van der Waals surface area contributed by atoms with E-state index in [0.29, 0.717) is 11.2 Å². The molecule has 4 rings (SSSR count). The van der Waals surface area contributed by atoms with Crippen molar-refractivity contribution < 1.29 is 4.79 Å². The van der Waals surface area contributed by atoms with Gasteiger partial charge in [-0.3, -0.25) is 5.32 Å². The SMILES string of the molecule is O=C(Nc1nnc(N2CCC(N3CCCC3)CC2)s1)NC1CCCC1. The van der Waals surface area contributed by atoms with Crippen molar-refractivity contribution >= 4 is 27.6 Å². The van der Waals surface area contributed by atoms with Gasteiger partial charge < -0.3 is 15.1 Å².